The first kappa shape index (κ1) is 20.8. The molecule has 0 spiro atoms. The lowest BCUT2D eigenvalue weighted by atomic mass is 9.91. The zero-order valence-corrected chi connectivity index (χ0v) is 15.2. The van der Waals surface area contributed by atoms with Gasteiger partial charge in [0.25, 0.3) is 0 Å². The normalized spacial score (nSPS) is 13.3. The smallest absolute Gasteiger partial charge is 0.320 e. The molecule has 0 radical (unpaired) electrons. The van der Waals surface area contributed by atoms with Crippen LogP contribution in [0.2, 0.25) is 0 Å². The Morgan fingerprint density at radius 3 is 2.46 bits per heavy atom. The monoisotopic (exact) mass is 382 g/mol. The van der Waals surface area contributed by atoms with Gasteiger partial charge in [-0.3, -0.25) is 19.4 Å². The highest BCUT2D eigenvalue weighted by molar-refractivity contribution is 6.50. The van der Waals surface area contributed by atoms with Gasteiger partial charge in [0, 0.05) is 12.1 Å². The molecule has 0 saturated heterocycles. The number of benzene rings is 2. The number of allylic oxidation sites excluding steroid dienone is 1. The SMILES string of the molecule is NC(N)=NCCC[C@H](N)C(=O)O.O=C1C=Cc2c(ccc3ccccc23)C1=O. The maximum Gasteiger partial charge on any atom is 0.320 e. The summed E-state index contributed by atoms with van der Waals surface area (Å²) in [6, 6.07) is 10.6. The van der Waals surface area contributed by atoms with Gasteiger partial charge >= 0.3 is 5.97 Å². The van der Waals surface area contributed by atoms with Crippen LogP contribution in [0.15, 0.2) is 47.5 Å². The van der Waals surface area contributed by atoms with Crippen LogP contribution in [-0.4, -0.2) is 41.2 Å². The number of hydrogen-bond acceptors (Lipinski definition) is 5. The summed E-state index contributed by atoms with van der Waals surface area (Å²) in [5, 5.41) is 10.5. The Morgan fingerprint density at radius 1 is 1.07 bits per heavy atom. The van der Waals surface area contributed by atoms with Gasteiger partial charge in [0.1, 0.15) is 6.04 Å². The van der Waals surface area contributed by atoms with Gasteiger partial charge in [0.15, 0.2) is 5.96 Å². The zero-order valence-electron chi connectivity index (χ0n) is 15.2. The van der Waals surface area contributed by atoms with Crippen LogP contribution in [0, 0.1) is 0 Å². The third-order valence-corrected chi connectivity index (χ3v) is 4.13. The molecule has 0 fully saturated rings. The number of rotatable bonds is 5. The van der Waals surface area contributed by atoms with E-state index in [4.69, 9.17) is 22.3 Å². The number of nitrogens with zero attached hydrogens (tertiary/aromatic N) is 1. The lowest BCUT2D eigenvalue weighted by Gasteiger charge is -2.11. The number of Topliss-reactive ketones (excluding diaryl/α,β-unsaturated/α-hetero) is 1. The Bertz CT molecular complexity index is 962. The number of guanidine groups is 1. The van der Waals surface area contributed by atoms with E-state index in [0.717, 1.165) is 16.3 Å². The van der Waals surface area contributed by atoms with Crippen LogP contribution in [0.3, 0.4) is 0 Å². The van der Waals surface area contributed by atoms with Crippen molar-refractivity contribution < 1.29 is 19.5 Å². The standard InChI is InChI=1S/C14H8O2.C6H14N4O2/c15-13-8-7-11-10-4-2-1-3-9(10)5-6-12(11)14(13)16;7-4(5(11)12)2-1-3-10-6(8)9/h1-8H;4H,1-3,7H2,(H,11,12)(H4,8,9,10)/t;4-/m.0/s1. The van der Waals surface area contributed by atoms with E-state index in [1.54, 1.807) is 12.1 Å². The second-order valence-electron chi connectivity index (χ2n) is 6.17. The second-order valence-corrected chi connectivity index (χ2v) is 6.17. The van der Waals surface area contributed by atoms with Crippen molar-refractivity contribution in [2.24, 2.45) is 22.2 Å². The average Bonchev–Trinajstić information content (AvgIpc) is 2.68. The molecule has 2 aromatic rings. The van der Waals surface area contributed by atoms with Crippen LogP contribution >= 0.6 is 0 Å². The van der Waals surface area contributed by atoms with Crippen molar-refractivity contribution >= 4 is 40.3 Å². The Kier molecular flexibility index (Phi) is 7.00. The lowest BCUT2D eigenvalue weighted by Crippen LogP contribution is -2.30. The van der Waals surface area contributed by atoms with Gasteiger partial charge in [0.05, 0.1) is 0 Å². The molecular formula is C20H22N4O4. The number of hydrogen-bond donors (Lipinski definition) is 4. The first-order valence-corrected chi connectivity index (χ1v) is 8.63. The Hall–Kier alpha value is -3.52. The highest BCUT2D eigenvalue weighted by atomic mass is 16.4. The third kappa shape index (κ3) is 5.24. The van der Waals surface area contributed by atoms with E-state index < -0.39 is 23.6 Å². The van der Waals surface area contributed by atoms with Crippen molar-refractivity contribution in [1.82, 2.24) is 0 Å². The number of carbonyl (C=O) groups excluding carboxylic acids is 2. The number of carboxylic acids is 1. The summed E-state index contributed by atoms with van der Waals surface area (Å²) in [6.45, 7) is 0.420. The molecule has 28 heavy (non-hydrogen) atoms. The first-order chi connectivity index (χ1) is 13.3. The summed E-state index contributed by atoms with van der Waals surface area (Å²) in [4.78, 5) is 36.8. The number of fused-ring (bicyclic) bond motifs is 3. The van der Waals surface area contributed by atoms with E-state index in [1.807, 2.05) is 30.3 Å². The quantitative estimate of drug-likeness (QED) is 0.260. The molecule has 0 amide bonds. The molecule has 2 aromatic carbocycles. The fraction of sp³-hybridized carbons (Fsp3) is 0.200. The van der Waals surface area contributed by atoms with Gasteiger partial charge in [-0.2, -0.15) is 0 Å². The van der Waals surface area contributed by atoms with Gasteiger partial charge in [-0.25, -0.2) is 0 Å². The van der Waals surface area contributed by atoms with Gasteiger partial charge in [-0.1, -0.05) is 30.3 Å². The molecule has 146 valence electrons. The van der Waals surface area contributed by atoms with Gasteiger partial charge in [-0.15, -0.1) is 0 Å². The molecule has 0 unspecified atom stereocenters. The molecule has 0 saturated carbocycles. The van der Waals surface area contributed by atoms with Crippen molar-refractivity contribution in [2.75, 3.05) is 6.54 Å². The molecule has 0 bridgehead atoms. The van der Waals surface area contributed by atoms with Crippen molar-refractivity contribution in [3.8, 4) is 0 Å². The van der Waals surface area contributed by atoms with E-state index >= 15 is 0 Å². The molecule has 0 aliphatic heterocycles. The Balaban J connectivity index is 0.000000211. The van der Waals surface area contributed by atoms with Crippen LogP contribution in [0.1, 0.15) is 28.8 Å². The van der Waals surface area contributed by atoms with Gasteiger partial charge in [-0.05, 0) is 47.4 Å². The first-order valence-electron chi connectivity index (χ1n) is 8.63. The van der Waals surface area contributed by atoms with Crippen molar-refractivity contribution in [1.29, 1.82) is 0 Å². The summed E-state index contributed by atoms with van der Waals surface area (Å²) in [6.07, 6.45) is 4.02. The number of nitrogens with two attached hydrogens (primary N) is 3. The maximum absolute atomic E-state index is 11.7. The molecule has 1 aliphatic carbocycles. The minimum absolute atomic E-state index is 0.0129. The second kappa shape index (κ2) is 9.43. The molecule has 0 heterocycles. The lowest BCUT2D eigenvalue weighted by molar-refractivity contribution is -0.138. The molecule has 3 rings (SSSR count). The van der Waals surface area contributed by atoms with E-state index in [0.29, 0.717) is 24.9 Å². The topological polar surface area (TPSA) is 162 Å². The summed E-state index contributed by atoms with van der Waals surface area (Å²) < 4.78 is 0. The molecule has 1 atom stereocenters. The molecule has 7 N–H and O–H groups in total. The van der Waals surface area contributed by atoms with E-state index in [9.17, 15) is 14.4 Å². The Labute approximate surface area is 161 Å². The van der Waals surface area contributed by atoms with E-state index in [1.165, 1.54) is 6.08 Å². The van der Waals surface area contributed by atoms with Gasteiger partial charge < -0.3 is 22.3 Å². The van der Waals surface area contributed by atoms with Crippen LogP contribution in [0.25, 0.3) is 16.8 Å². The van der Waals surface area contributed by atoms with Crippen LogP contribution in [0.4, 0.5) is 0 Å². The number of carbonyl (C=O) groups is 3. The summed E-state index contributed by atoms with van der Waals surface area (Å²) >= 11 is 0. The minimum Gasteiger partial charge on any atom is -0.480 e. The minimum atomic E-state index is -1.00. The number of aliphatic carboxylic acids is 1. The highest BCUT2D eigenvalue weighted by Gasteiger charge is 2.21. The van der Waals surface area contributed by atoms with Crippen LogP contribution in [0.5, 0.6) is 0 Å². The highest BCUT2D eigenvalue weighted by Crippen LogP contribution is 2.26. The largest absolute Gasteiger partial charge is 0.480 e. The number of ketones is 2. The summed E-state index contributed by atoms with van der Waals surface area (Å²) in [5.41, 5.74) is 16.7. The predicted octanol–water partition coefficient (Wildman–Crippen LogP) is 1.07. The molecule has 8 heteroatoms. The molecule has 8 nitrogen and oxygen atoms in total. The molecule has 1 aliphatic rings. The summed E-state index contributed by atoms with van der Waals surface area (Å²) in [5.74, 6) is -1.84. The van der Waals surface area contributed by atoms with E-state index in [2.05, 4.69) is 4.99 Å². The zero-order chi connectivity index (χ0) is 20.7. The average molecular weight is 382 g/mol. The van der Waals surface area contributed by atoms with Gasteiger partial charge in [0.2, 0.25) is 11.6 Å². The fourth-order valence-corrected chi connectivity index (χ4v) is 2.68. The maximum atomic E-state index is 11.7. The fourth-order valence-electron chi connectivity index (χ4n) is 2.68. The Morgan fingerprint density at radius 2 is 1.79 bits per heavy atom. The molecule has 0 aromatic heterocycles. The van der Waals surface area contributed by atoms with Crippen LogP contribution < -0.4 is 17.2 Å². The van der Waals surface area contributed by atoms with E-state index in [-0.39, 0.29) is 5.96 Å². The van der Waals surface area contributed by atoms with Crippen molar-refractivity contribution in [3.05, 3.63) is 53.6 Å². The van der Waals surface area contributed by atoms with Crippen molar-refractivity contribution in [3.63, 3.8) is 0 Å². The number of aliphatic imine (C=N–C) groups is 1. The summed E-state index contributed by atoms with van der Waals surface area (Å²) in [7, 11) is 0. The number of carboxylic acid groups (broad SMARTS) is 1. The van der Waals surface area contributed by atoms with Crippen LogP contribution in [-0.2, 0) is 9.59 Å². The molecular weight excluding hydrogens is 360 g/mol. The predicted molar refractivity (Wildman–Crippen MR) is 108 cm³/mol. The third-order valence-electron chi connectivity index (χ3n) is 4.13. The van der Waals surface area contributed by atoms with Crippen molar-refractivity contribution in [2.45, 2.75) is 18.9 Å².